The molecule has 1 aliphatic heterocycles. The molecule has 1 unspecified atom stereocenters. The van der Waals surface area contributed by atoms with Crippen molar-refractivity contribution in [3.63, 3.8) is 0 Å². The SMILES string of the molecule is Cc1ccc(O)c(CN2CCOCC2C)n1. The van der Waals surface area contributed by atoms with Gasteiger partial charge in [0.05, 0.1) is 18.9 Å². The minimum Gasteiger partial charge on any atom is -0.506 e. The number of hydrogen-bond donors (Lipinski definition) is 1. The van der Waals surface area contributed by atoms with E-state index in [1.165, 1.54) is 0 Å². The van der Waals surface area contributed by atoms with E-state index in [9.17, 15) is 5.11 Å². The molecule has 0 saturated carbocycles. The van der Waals surface area contributed by atoms with Gasteiger partial charge in [-0.05, 0) is 26.0 Å². The summed E-state index contributed by atoms with van der Waals surface area (Å²) in [7, 11) is 0. The number of ether oxygens (including phenoxy) is 1. The lowest BCUT2D eigenvalue weighted by atomic mass is 10.2. The maximum absolute atomic E-state index is 9.73. The molecule has 1 saturated heterocycles. The fraction of sp³-hybridized carbons (Fsp3) is 0.583. The fourth-order valence-electron chi connectivity index (χ4n) is 1.91. The highest BCUT2D eigenvalue weighted by Crippen LogP contribution is 2.19. The van der Waals surface area contributed by atoms with E-state index >= 15 is 0 Å². The standard InChI is InChI=1S/C12H18N2O2/c1-9-3-4-12(15)11(13-9)7-14-5-6-16-8-10(14)2/h3-4,10,15H,5-8H2,1-2H3. The van der Waals surface area contributed by atoms with E-state index in [0.717, 1.165) is 31.1 Å². The smallest absolute Gasteiger partial charge is 0.138 e. The van der Waals surface area contributed by atoms with Crippen LogP contribution in [0.5, 0.6) is 5.75 Å². The summed E-state index contributed by atoms with van der Waals surface area (Å²) in [4.78, 5) is 6.65. The predicted molar refractivity (Wildman–Crippen MR) is 61.3 cm³/mol. The molecule has 1 atom stereocenters. The zero-order valence-electron chi connectivity index (χ0n) is 9.81. The first-order valence-corrected chi connectivity index (χ1v) is 5.64. The highest BCUT2D eigenvalue weighted by atomic mass is 16.5. The van der Waals surface area contributed by atoms with E-state index in [2.05, 4.69) is 16.8 Å². The highest BCUT2D eigenvalue weighted by molar-refractivity contribution is 5.27. The molecule has 88 valence electrons. The molecule has 2 rings (SSSR count). The monoisotopic (exact) mass is 222 g/mol. The average Bonchev–Trinajstić information content (AvgIpc) is 2.27. The zero-order valence-corrected chi connectivity index (χ0v) is 9.81. The van der Waals surface area contributed by atoms with Crippen molar-refractivity contribution in [1.29, 1.82) is 0 Å². The second-order valence-electron chi connectivity index (χ2n) is 4.31. The minimum absolute atomic E-state index is 0.282. The summed E-state index contributed by atoms with van der Waals surface area (Å²) in [6, 6.07) is 3.92. The average molecular weight is 222 g/mol. The fourth-order valence-corrected chi connectivity index (χ4v) is 1.91. The van der Waals surface area contributed by atoms with E-state index < -0.39 is 0 Å². The Morgan fingerprint density at radius 2 is 2.38 bits per heavy atom. The van der Waals surface area contributed by atoms with Gasteiger partial charge in [-0.1, -0.05) is 0 Å². The topological polar surface area (TPSA) is 45.6 Å². The third kappa shape index (κ3) is 2.51. The number of aryl methyl sites for hydroxylation is 1. The van der Waals surface area contributed by atoms with Crippen molar-refractivity contribution in [1.82, 2.24) is 9.88 Å². The van der Waals surface area contributed by atoms with Gasteiger partial charge in [0.15, 0.2) is 0 Å². The molecule has 0 aliphatic carbocycles. The van der Waals surface area contributed by atoms with Crippen LogP contribution >= 0.6 is 0 Å². The van der Waals surface area contributed by atoms with Crippen molar-refractivity contribution in [3.8, 4) is 5.75 Å². The summed E-state index contributed by atoms with van der Waals surface area (Å²) in [5, 5.41) is 9.73. The molecule has 4 heteroatoms. The number of morpholine rings is 1. The molecule has 1 N–H and O–H groups in total. The third-order valence-corrected chi connectivity index (χ3v) is 2.95. The number of nitrogens with zero attached hydrogens (tertiary/aromatic N) is 2. The predicted octanol–water partition coefficient (Wildman–Crippen LogP) is 1.32. The van der Waals surface area contributed by atoms with Crippen LogP contribution in [0, 0.1) is 6.92 Å². The van der Waals surface area contributed by atoms with Crippen LogP contribution in [0.3, 0.4) is 0 Å². The Labute approximate surface area is 95.9 Å². The van der Waals surface area contributed by atoms with E-state index in [0.29, 0.717) is 12.6 Å². The van der Waals surface area contributed by atoms with Gasteiger partial charge in [0, 0.05) is 24.8 Å². The van der Waals surface area contributed by atoms with E-state index in [1.54, 1.807) is 6.07 Å². The van der Waals surface area contributed by atoms with E-state index in [4.69, 9.17) is 4.74 Å². The van der Waals surface area contributed by atoms with Gasteiger partial charge in [-0.25, -0.2) is 0 Å². The Balaban J connectivity index is 2.10. The van der Waals surface area contributed by atoms with Gasteiger partial charge >= 0.3 is 0 Å². The van der Waals surface area contributed by atoms with Crippen LogP contribution in [0.2, 0.25) is 0 Å². The van der Waals surface area contributed by atoms with Gasteiger partial charge in [0.25, 0.3) is 0 Å². The normalized spacial score (nSPS) is 22.2. The van der Waals surface area contributed by atoms with Crippen LogP contribution in [0.4, 0.5) is 0 Å². The molecule has 1 aromatic heterocycles. The molecular weight excluding hydrogens is 204 g/mol. The largest absolute Gasteiger partial charge is 0.506 e. The number of aromatic nitrogens is 1. The second kappa shape index (κ2) is 4.80. The van der Waals surface area contributed by atoms with Crippen molar-refractivity contribution in [3.05, 3.63) is 23.5 Å². The molecule has 0 bridgehead atoms. The van der Waals surface area contributed by atoms with Crippen molar-refractivity contribution >= 4 is 0 Å². The Morgan fingerprint density at radius 3 is 3.12 bits per heavy atom. The van der Waals surface area contributed by atoms with Gasteiger partial charge in [-0.2, -0.15) is 0 Å². The first-order chi connectivity index (χ1) is 7.66. The number of aromatic hydroxyl groups is 1. The lowest BCUT2D eigenvalue weighted by molar-refractivity contribution is -0.00522. The number of rotatable bonds is 2. The Kier molecular flexibility index (Phi) is 3.41. The number of pyridine rings is 1. The van der Waals surface area contributed by atoms with Crippen LogP contribution < -0.4 is 0 Å². The van der Waals surface area contributed by atoms with Gasteiger partial charge < -0.3 is 9.84 Å². The van der Waals surface area contributed by atoms with Crippen molar-refractivity contribution in [2.24, 2.45) is 0 Å². The maximum atomic E-state index is 9.73. The van der Waals surface area contributed by atoms with Crippen LogP contribution in [-0.4, -0.2) is 40.8 Å². The van der Waals surface area contributed by atoms with E-state index in [-0.39, 0.29) is 5.75 Å². The van der Waals surface area contributed by atoms with Crippen LogP contribution in [0.25, 0.3) is 0 Å². The van der Waals surface area contributed by atoms with Crippen molar-refractivity contribution in [2.75, 3.05) is 19.8 Å². The van der Waals surface area contributed by atoms with Gasteiger partial charge in [0.2, 0.25) is 0 Å². The molecule has 4 nitrogen and oxygen atoms in total. The summed E-state index contributed by atoms with van der Waals surface area (Å²) < 4.78 is 5.38. The molecule has 0 spiro atoms. The summed E-state index contributed by atoms with van der Waals surface area (Å²) in [5.41, 5.74) is 1.70. The molecule has 0 amide bonds. The van der Waals surface area contributed by atoms with Gasteiger partial charge in [-0.15, -0.1) is 0 Å². The molecule has 1 aromatic rings. The van der Waals surface area contributed by atoms with Crippen molar-refractivity contribution < 1.29 is 9.84 Å². The van der Waals surface area contributed by atoms with Crippen molar-refractivity contribution in [2.45, 2.75) is 26.4 Å². The summed E-state index contributed by atoms with van der Waals surface area (Å²) >= 11 is 0. The first-order valence-electron chi connectivity index (χ1n) is 5.64. The summed E-state index contributed by atoms with van der Waals surface area (Å²) in [5.74, 6) is 0.282. The van der Waals surface area contributed by atoms with Crippen LogP contribution in [0.1, 0.15) is 18.3 Å². The molecule has 1 fully saturated rings. The summed E-state index contributed by atoms with van der Waals surface area (Å²) in [6.07, 6.45) is 0. The number of hydrogen-bond acceptors (Lipinski definition) is 4. The first kappa shape index (κ1) is 11.4. The molecular formula is C12H18N2O2. The minimum atomic E-state index is 0.282. The summed E-state index contributed by atoms with van der Waals surface area (Å²) in [6.45, 7) is 7.18. The molecule has 0 aromatic carbocycles. The third-order valence-electron chi connectivity index (χ3n) is 2.95. The van der Waals surface area contributed by atoms with Gasteiger partial charge in [-0.3, -0.25) is 9.88 Å². The Bertz CT molecular complexity index is 368. The van der Waals surface area contributed by atoms with Crippen LogP contribution in [-0.2, 0) is 11.3 Å². The Morgan fingerprint density at radius 1 is 1.56 bits per heavy atom. The highest BCUT2D eigenvalue weighted by Gasteiger charge is 2.20. The van der Waals surface area contributed by atoms with E-state index in [1.807, 2.05) is 13.0 Å². The quantitative estimate of drug-likeness (QED) is 0.819. The maximum Gasteiger partial charge on any atom is 0.138 e. The molecule has 2 heterocycles. The lowest BCUT2D eigenvalue weighted by Crippen LogP contribution is -2.43. The Hall–Kier alpha value is -1.13. The molecule has 16 heavy (non-hydrogen) atoms. The molecule has 1 aliphatic rings. The van der Waals surface area contributed by atoms with Crippen LogP contribution in [0.15, 0.2) is 12.1 Å². The molecule has 0 radical (unpaired) electrons. The zero-order chi connectivity index (χ0) is 11.5. The second-order valence-corrected chi connectivity index (χ2v) is 4.31. The lowest BCUT2D eigenvalue weighted by Gasteiger charge is -2.32. The van der Waals surface area contributed by atoms with Gasteiger partial charge in [0.1, 0.15) is 5.75 Å².